The van der Waals surface area contributed by atoms with Crippen molar-refractivity contribution in [3.63, 3.8) is 0 Å². The smallest absolute Gasteiger partial charge is 0.317 e. The molecule has 2 amide bonds. The van der Waals surface area contributed by atoms with Gasteiger partial charge in [0.2, 0.25) is 0 Å². The predicted octanol–water partition coefficient (Wildman–Crippen LogP) is 1.98. The first kappa shape index (κ1) is 16.1. The molecule has 1 unspecified atom stereocenters. The number of carboxylic acids is 1. The van der Waals surface area contributed by atoms with E-state index in [0.29, 0.717) is 6.54 Å². The Balaban J connectivity index is 1.87. The zero-order valence-electron chi connectivity index (χ0n) is 12.8. The quantitative estimate of drug-likeness (QED) is 0.813. The van der Waals surface area contributed by atoms with Crippen LogP contribution in [0.1, 0.15) is 51.4 Å². The second-order valence-electron chi connectivity index (χ2n) is 6.36. The number of rotatable bonds is 5. The number of hydrogen-bond donors (Lipinski definition) is 2. The largest absolute Gasteiger partial charge is 0.481 e. The summed E-state index contributed by atoms with van der Waals surface area (Å²) in [5.41, 5.74) is -0.565. The first-order valence-electron chi connectivity index (χ1n) is 7.87. The number of carbonyl (C=O) groups is 2. The lowest BCUT2D eigenvalue weighted by molar-refractivity contribution is -0.138. The van der Waals surface area contributed by atoms with Crippen molar-refractivity contribution in [3.05, 3.63) is 0 Å². The summed E-state index contributed by atoms with van der Waals surface area (Å²) in [5, 5.41) is 12.0. The molecular formula is C15H26N2O4. The van der Waals surface area contributed by atoms with Gasteiger partial charge < -0.3 is 20.1 Å². The number of ether oxygens (including phenoxy) is 1. The van der Waals surface area contributed by atoms with Crippen molar-refractivity contribution >= 4 is 12.0 Å². The van der Waals surface area contributed by atoms with E-state index < -0.39 is 11.5 Å². The van der Waals surface area contributed by atoms with Crippen LogP contribution < -0.4 is 5.32 Å². The van der Waals surface area contributed by atoms with E-state index >= 15 is 0 Å². The lowest BCUT2D eigenvalue weighted by Gasteiger charge is -2.33. The van der Waals surface area contributed by atoms with E-state index in [2.05, 4.69) is 5.32 Å². The van der Waals surface area contributed by atoms with Gasteiger partial charge in [-0.3, -0.25) is 4.79 Å². The van der Waals surface area contributed by atoms with Crippen molar-refractivity contribution in [1.29, 1.82) is 0 Å². The number of nitrogens with one attached hydrogen (secondary N) is 1. The number of nitrogens with zero attached hydrogens (tertiary/aromatic N) is 1. The molecule has 6 nitrogen and oxygen atoms in total. The molecule has 0 aromatic rings. The van der Waals surface area contributed by atoms with Gasteiger partial charge in [-0.1, -0.05) is 12.8 Å². The third-order valence-electron chi connectivity index (χ3n) is 4.52. The van der Waals surface area contributed by atoms with Gasteiger partial charge in [0.25, 0.3) is 0 Å². The first-order valence-corrected chi connectivity index (χ1v) is 7.87. The summed E-state index contributed by atoms with van der Waals surface area (Å²) in [6, 6.07) is -0.188. The lowest BCUT2D eigenvalue weighted by atomic mass is 9.93. The zero-order chi connectivity index (χ0) is 15.3. The van der Waals surface area contributed by atoms with Gasteiger partial charge in [0, 0.05) is 20.2 Å². The molecule has 0 aromatic carbocycles. The molecule has 2 N–H and O–H groups in total. The van der Waals surface area contributed by atoms with Gasteiger partial charge in [0.15, 0.2) is 0 Å². The van der Waals surface area contributed by atoms with Crippen molar-refractivity contribution in [2.75, 3.05) is 20.2 Å². The summed E-state index contributed by atoms with van der Waals surface area (Å²) < 4.78 is 5.64. The summed E-state index contributed by atoms with van der Waals surface area (Å²) in [6.45, 7) is 1.33. The highest BCUT2D eigenvalue weighted by Gasteiger charge is 2.38. The average molecular weight is 298 g/mol. The van der Waals surface area contributed by atoms with Gasteiger partial charge in [-0.15, -0.1) is 0 Å². The van der Waals surface area contributed by atoms with Crippen molar-refractivity contribution < 1.29 is 19.4 Å². The third kappa shape index (κ3) is 4.59. The summed E-state index contributed by atoms with van der Waals surface area (Å²) in [5.74, 6) is -0.851. The minimum Gasteiger partial charge on any atom is -0.481 e. The molecule has 1 atom stereocenters. The van der Waals surface area contributed by atoms with Crippen LogP contribution in [0.5, 0.6) is 0 Å². The van der Waals surface area contributed by atoms with E-state index in [1.807, 2.05) is 0 Å². The number of amides is 2. The Hall–Kier alpha value is -1.30. The highest BCUT2D eigenvalue weighted by atomic mass is 16.5. The Kier molecular flexibility index (Phi) is 5.45. The molecule has 2 rings (SSSR count). The van der Waals surface area contributed by atoms with Gasteiger partial charge >= 0.3 is 12.0 Å². The molecule has 0 aromatic heterocycles. The molecule has 6 heteroatoms. The van der Waals surface area contributed by atoms with Crippen molar-refractivity contribution in [2.24, 2.45) is 0 Å². The van der Waals surface area contributed by atoms with Crippen LogP contribution in [-0.2, 0) is 9.53 Å². The number of carboxylic acid groups (broad SMARTS) is 1. The summed E-state index contributed by atoms with van der Waals surface area (Å²) >= 11 is 0. The minimum absolute atomic E-state index is 0.00646. The van der Waals surface area contributed by atoms with Gasteiger partial charge in [-0.25, -0.2) is 4.79 Å². The number of urea groups is 1. The Bertz CT molecular complexity index is 374. The fourth-order valence-electron chi connectivity index (χ4n) is 3.35. The molecule has 1 saturated carbocycles. The molecule has 21 heavy (non-hydrogen) atoms. The van der Waals surface area contributed by atoms with Crippen LogP contribution in [0.2, 0.25) is 0 Å². The standard InChI is InChI=1S/C15H26N2O4/c1-17(11-12-6-2-5-9-21-12)14(20)16-15(10-13(18)19)7-3-4-8-15/h12H,2-11H2,1H3,(H,16,20)(H,18,19). The van der Waals surface area contributed by atoms with E-state index in [0.717, 1.165) is 51.6 Å². The molecule has 1 heterocycles. The normalized spacial score (nSPS) is 24.5. The maximum Gasteiger partial charge on any atom is 0.317 e. The minimum atomic E-state index is -0.851. The van der Waals surface area contributed by atoms with E-state index in [-0.39, 0.29) is 18.6 Å². The van der Waals surface area contributed by atoms with Gasteiger partial charge in [0.05, 0.1) is 18.1 Å². The zero-order valence-corrected chi connectivity index (χ0v) is 12.8. The Morgan fingerprint density at radius 3 is 2.57 bits per heavy atom. The predicted molar refractivity (Wildman–Crippen MR) is 78.2 cm³/mol. The second kappa shape index (κ2) is 7.11. The topological polar surface area (TPSA) is 78.9 Å². The third-order valence-corrected chi connectivity index (χ3v) is 4.52. The van der Waals surface area contributed by atoms with Gasteiger partial charge in [-0.05, 0) is 32.1 Å². The Labute approximate surface area is 125 Å². The first-order chi connectivity index (χ1) is 10.0. The van der Waals surface area contributed by atoms with Crippen LogP contribution in [0, 0.1) is 0 Å². The highest BCUT2D eigenvalue weighted by Crippen LogP contribution is 2.32. The van der Waals surface area contributed by atoms with E-state index in [9.17, 15) is 9.59 Å². The SMILES string of the molecule is CN(CC1CCCCO1)C(=O)NC1(CC(=O)O)CCCC1. The van der Waals surface area contributed by atoms with Crippen LogP contribution in [0.3, 0.4) is 0 Å². The van der Waals surface area contributed by atoms with Crippen LogP contribution in [-0.4, -0.2) is 53.8 Å². The molecule has 0 spiro atoms. The lowest BCUT2D eigenvalue weighted by Crippen LogP contribution is -2.53. The van der Waals surface area contributed by atoms with Crippen LogP contribution in [0.4, 0.5) is 4.79 Å². The van der Waals surface area contributed by atoms with E-state index in [4.69, 9.17) is 9.84 Å². The number of hydrogen-bond acceptors (Lipinski definition) is 3. The van der Waals surface area contributed by atoms with Crippen LogP contribution in [0.25, 0.3) is 0 Å². The second-order valence-corrected chi connectivity index (χ2v) is 6.36. The van der Waals surface area contributed by atoms with Crippen LogP contribution in [0.15, 0.2) is 0 Å². The number of likely N-dealkylation sites (N-methyl/N-ethyl adjacent to an activating group) is 1. The molecule has 2 aliphatic rings. The maximum atomic E-state index is 12.3. The number of carbonyl (C=O) groups excluding carboxylic acids is 1. The van der Waals surface area contributed by atoms with Crippen molar-refractivity contribution in [2.45, 2.75) is 63.0 Å². The monoisotopic (exact) mass is 298 g/mol. The summed E-state index contributed by atoms with van der Waals surface area (Å²) in [6.07, 6.45) is 6.78. The Morgan fingerprint density at radius 2 is 2.00 bits per heavy atom. The van der Waals surface area contributed by atoms with Crippen LogP contribution >= 0.6 is 0 Å². The van der Waals surface area contributed by atoms with E-state index in [1.54, 1.807) is 11.9 Å². The molecular weight excluding hydrogens is 272 g/mol. The molecule has 0 bridgehead atoms. The number of aliphatic carboxylic acids is 1. The maximum absolute atomic E-state index is 12.3. The molecule has 0 radical (unpaired) electrons. The molecule has 1 aliphatic carbocycles. The van der Waals surface area contributed by atoms with Crippen molar-refractivity contribution in [3.8, 4) is 0 Å². The fourth-order valence-corrected chi connectivity index (χ4v) is 3.35. The highest BCUT2D eigenvalue weighted by molar-refractivity contribution is 5.76. The average Bonchev–Trinajstić information content (AvgIpc) is 2.87. The van der Waals surface area contributed by atoms with Gasteiger partial charge in [-0.2, -0.15) is 0 Å². The summed E-state index contributed by atoms with van der Waals surface area (Å²) in [7, 11) is 1.75. The molecule has 2 fully saturated rings. The fraction of sp³-hybridized carbons (Fsp3) is 0.867. The van der Waals surface area contributed by atoms with Gasteiger partial charge in [0.1, 0.15) is 0 Å². The molecule has 1 saturated heterocycles. The Morgan fingerprint density at radius 1 is 1.29 bits per heavy atom. The summed E-state index contributed by atoms with van der Waals surface area (Å²) in [4.78, 5) is 25.0. The molecule has 1 aliphatic heterocycles. The van der Waals surface area contributed by atoms with Crippen molar-refractivity contribution in [1.82, 2.24) is 10.2 Å². The van der Waals surface area contributed by atoms with E-state index in [1.165, 1.54) is 0 Å². The molecule has 120 valence electrons.